The zero-order valence-corrected chi connectivity index (χ0v) is 16.7. The molecule has 0 aliphatic rings. The monoisotopic (exact) mass is 394 g/mol. The molecule has 3 rings (SSSR count). The third kappa shape index (κ3) is 4.11. The summed E-state index contributed by atoms with van der Waals surface area (Å²) >= 11 is 0. The van der Waals surface area contributed by atoms with Crippen molar-refractivity contribution in [2.45, 2.75) is 27.3 Å². The fraction of sp³-hybridized carbons (Fsp3) is 0.238. The first-order chi connectivity index (χ1) is 13.8. The Balaban J connectivity index is 1.86. The van der Waals surface area contributed by atoms with E-state index in [-0.39, 0.29) is 11.3 Å². The summed E-state index contributed by atoms with van der Waals surface area (Å²) in [6, 6.07) is 12.2. The second-order valence-electron chi connectivity index (χ2n) is 6.72. The van der Waals surface area contributed by atoms with Gasteiger partial charge in [0.15, 0.2) is 0 Å². The van der Waals surface area contributed by atoms with E-state index in [1.165, 1.54) is 12.1 Å². The molecule has 1 aromatic heterocycles. The van der Waals surface area contributed by atoms with E-state index in [9.17, 15) is 14.9 Å². The molecule has 2 aromatic carbocycles. The molecule has 0 unspecified atom stereocenters. The van der Waals surface area contributed by atoms with Crippen LogP contribution in [0.5, 0.6) is 5.75 Å². The molecule has 1 amide bonds. The van der Waals surface area contributed by atoms with Crippen molar-refractivity contribution in [1.82, 2.24) is 9.78 Å². The van der Waals surface area contributed by atoms with Crippen LogP contribution < -0.4 is 10.1 Å². The quantitative estimate of drug-likeness (QED) is 0.503. The number of carbonyl (C=O) groups is 1. The molecule has 1 heterocycles. The Morgan fingerprint density at radius 1 is 1.21 bits per heavy atom. The first kappa shape index (κ1) is 20.1. The highest BCUT2D eigenvalue weighted by Gasteiger charge is 2.20. The van der Waals surface area contributed by atoms with Gasteiger partial charge in [0, 0.05) is 17.2 Å². The number of aryl methyl sites for hydroxylation is 1. The van der Waals surface area contributed by atoms with Gasteiger partial charge in [0.05, 0.1) is 35.7 Å². The molecular weight excluding hydrogens is 372 g/mol. The van der Waals surface area contributed by atoms with Crippen molar-refractivity contribution >= 4 is 17.3 Å². The molecule has 0 fully saturated rings. The van der Waals surface area contributed by atoms with Gasteiger partial charge in [-0.1, -0.05) is 18.2 Å². The second-order valence-corrected chi connectivity index (χ2v) is 6.72. The van der Waals surface area contributed by atoms with Crippen LogP contribution in [0, 0.1) is 30.9 Å². The third-order valence-corrected chi connectivity index (χ3v) is 4.83. The number of nitro groups is 1. The highest BCUT2D eigenvalue weighted by molar-refractivity contribution is 6.06. The Morgan fingerprint density at radius 3 is 2.62 bits per heavy atom. The van der Waals surface area contributed by atoms with Gasteiger partial charge < -0.3 is 10.1 Å². The van der Waals surface area contributed by atoms with Crippen LogP contribution in [0.4, 0.5) is 11.4 Å². The van der Waals surface area contributed by atoms with Crippen LogP contribution in [0.2, 0.25) is 0 Å². The molecule has 0 saturated carbocycles. The number of hydrogen-bond donors (Lipinski definition) is 1. The second kappa shape index (κ2) is 8.14. The van der Waals surface area contributed by atoms with E-state index in [0.717, 1.165) is 17.0 Å². The number of nitrogens with one attached hydrogen (secondary N) is 1. The van der Waals surface area contributed by atoms with Gasteiger partial charge in [0.2, 0.25) is 0 Å². The van der Waals surface area contributed by atoms with E-state index in [4.69, 9.17) is 4.74 Å². The van der Waals surface area contributed by atoms with Gasteiger partial charge in [-0.2, -0.15) is 5.10 Å². The van der Waals surface area contributed by atoms with Crippen LogP contribution in [0.3, 0.4) is 0 Å². The fourth-order valence-corrected chi connectivity index (χ4v) is 3.22. The molecule has 3 aromatic rings. The van der Waals surface area contributed by atoms with Crippen LogP contribution in [0.1, 0.15) is 32.9 Å². The Morgan fingerprint density at radius 2 is 1.93 bits per heavy atom. The molecule has 8 heteroatoms. The molecule has 1 N–H and O–H groups in total. The van der Waals surface area contributed by atoms with Gasteiger partial charge in [-0.3, -0.25) is 19.6 Å². The van der Waals surface area contributed by atoms with Crippen LogP contribution in [-0.2, 0) is 6.54 Å². The maximum absolute atomic E-state index is 12.8. The minimum Gasteiger partial charge on any atom is -0.497 e. The number of nitrogens with zero attached hydrogens (tertiary/aromatic N) is 3. The number of anilines is 1. The van der Waals surface area contributed by atoms with E-state index in [0.29, 0.717) is 23.5 Å². The molecule has 0 aliphatic heterocycles. The molecule has 0 aliphatic carbocycles. The molecule has 0 radical (unpaired) electrons. The SMILES string of the molecule is COc1cccc(Cn2nc(C)c(NC(=O)c3cccc([N+](=O)[O-])c3C)c2C)c1. The lowest BCUT2D eigenvalue weighted by molar-refractivity contribution is -0.385. The summed E-state index contributed by atoms with van der Waals surface area (Å²) in [5.74, 6) is 0.358. The normalized spacial score (nSPS) is 10.6. The Bertz CT molecular complexity index is 1090. The predicted octanol–water partition coefficient (Wildman–Crippen LogP) is 4.03. The van der Waals surface area contributed by atoms with Crippen LogP contribution in [0.15, 0.2) is 42.5 Å². The zero-order chi connectivity index (χ0) is 21.1. The smallest absolute Gasteiger partial charge is 0.273 e. The van der Waals surface area contributed by atoms with Gasteiger partial charge in [0.1, 0.15) is 5.75 Å². The summed E-state index contributed by atoms with van der Waals surface area (Å²) < 4.78 is 7.06. The minimum absolute atomic E-state index is 0.0835. The number of benzene rings is 2. The molecule has 0 atom stereocenters. The highest BCUT2D eigenvalue weighted by atomic mass is 16.6. The number of amides is 1. The van der Waals surface area contributed by atoms with Gasteiger partial charge in [-0.15, -0.1) is 0 Å². The first-order valence-electron chi connectivity index (χ1n) is 9.04. The predicted molar refractivity (Wildman–Crippen MR) is 110 cm³/mol. The van der Waals surface area contributed by atoms with Crippen molar-refractivity contribution in [1.29, 1.82) is 0 Å². The van der Waals surface area contributed by atoms with Gasteiger partial charge in [0.25, 0.3) is 11.6 Å². The lowest BCUT2D eigenvalue weighted by atomic mass is 10.1. The number of hydrogen-bond acceptors (Lipinski definition) is 5. The maximum Gasteiger partial charge on any atom is 0.273 e. The van der Waals surface area contributed by atoms with Crippen LogP contribution in [-0.4, -0.2) is 27.7 Å². The zero-order valence-electron chi connectivity index (χ0n) is 16.7. The standard InChI is InChI=1S/C21H22N4O4/c1-13-18(9-6-10-19(13)25(27)28)21(26)22-20-14(2)23-24(15(20)3)12-16-7-5-8-17(11-16)29-4/h5-11H,12H2,1-4H3,(H,22,26). The maximum atomic E-state index is 12.8. The summed E-state index contributed by atoms with van der Waals surface area (Å²) in [5.41, 5.74) is 3.59. The summed E-state index contributed by atoms with van der Waals surface area (Å²) in [4.78, 5) is 23.4. The van der Waals surface area contributed by atoms with E-state index in [2.05, 4.69) is 10.4 Å². The minimum atomic E-state index is -0.491. The highest BCUT2D eigenvalue weighted by Crippen LogP contribution is 2.25. The average Bonchev–Trinajstić information content (AvgIpc) is 2.95. The van der Waals surface area contributed by atoms with Crippen molar-refractivity contribution in [3.8, 4) is 5.75 Å². The third-order valence-electron chi connectivity index (χ3n) is 4.83. The first-order valence-corrected chi connectivity index (χ1v) is 9.04. The van der Waals surface area contributed by atoms with Gasteiger partial charge >= 0.3 is 0 Å². The average molecular weight is 394 g/mol. The van der Waals surface area contributed by atoms with Crippen molar-refractivity contribution in [2.75, 3.05) is 12.4 Å². The van der Waals surface area contributed by atoms with Crippen molar-refractivity contribution in [2.24, 2.45) is 0 Å². The number of ether oxygens (including phenoxy) is 1. The van der Waals surface area contributed by atoms with E-state index in [1.54, 1.807) is 24.8 Å². The Kier molecular flexibility index (Phi) is 5.63. The number of rotatable bonds is 6. The fourth-order valence-electron chi connectivity index (χ4n) is 3.22. The van der Waals surface area contributed by atoms with E-state index >= 15 is 0 Å². The largest absolute Gasteiger partial charge is 0.497 e. The number of carbonyl (C=O) groups excluding carboxylic acids is 1. The summed E-state index contributed by atoms with van der Waals surface area (Å²) in [7, 11) is 1.62. The number of aromatic nitrogens is 2. The van der Waals surface area contributed by atoms with E-state index < -0.39 is 10.8 Å². The van der Waals surface area contributed by atoms with Gasteiger partial charge in [-0.25, -0.2) is 0 Å². The Labute approximate surface area is 168 Å². The van der Waals surface area contributed by atoms with E-state index in [1.807, 2.05) is 38.1 Å². The molecule has 0 bridgehead atoms. The molecule has 0 saturated heterocycles. The molecule has 8 nitrogen and oxygen atoms in total. The molecule has 29 heavy (non-hydrogen) atoms. The van der Waals surface area contributed by atoms with Crippen LogP contribution in [0.25, 0.3) is 0 Å². The lowest BCUT2D eigenvalue weighted by Crippen LogP contribution is -2.15. The number of methoxy groups -OCH3 is 1. The van der Waals surface area contributed by atoms with Crippen LogP contribution >= 0.6 is 0 Å². The molecule has 0 spiro atoms. The van der Waals surface area contributed by atoms with Gasteiger partial charge in [-0.05, 0) is 44.5 Å². The molecular formula is C21H22N4O4. The summed E-state index contributed by atoms with van der Waals surface area (Å²) in [5, 5.41) is 18.5. The van der Waals surface area contributed by atoms with Crippen molar-refractivity contribution < 1.29 is 14.5 Å². The number of nitro benzene ring substituents is 1. The Hall–Kier alpha value is -3.68. The molecule has 150 valence electrons. The summed E-state index contributed by atoms with van der Waals surface area (Å²) in [6.45, 7) is 5.77. The summed E-state index contributed by atoms with van der Waals surface area (Å²) in [6.07, 6.45) is 0. The topological polar surface area (TPSA) is 99.3 Å². The van der Waals surface area contributed by atoms with Crippen molar-refractivity contribution in [3.05, 3.63) is 80.7 Å². The van der Waals surface area contributed by atoms with Crippen molar-refractivity contribution in [3.63, 3.8) is 0 Å². The lowest BCUT2D eigenvalue weighted by Gasteiger charge is -2.09.